The van der Waals surface area contributed by atoms with Gasteiger partial charge in [-0.1, -0.05) is 6.92 Å². The summed E-state index contributed by atoms with van der Waals surface area (Å²) >= 11 is 1.45. The summed E-state index contributed by atoms with van der Waals surface area (Å²) in [6.07, 6.45) is 2.56. The standard InChI is InChI=1S/C13H20N4O2S2/c1-3-4-14-6-11-5-12(7-15-11)21(18,19)17-8-13-10(2)16-9-20-13/h5,7,9,14-15,17H,3-4,6,8H2,1-2H3. The number of thiazole rings is 1. The van der Waals surface area contributed by atoms with E-state index in [0.717, 1.165) is 29.2 Å². The van der Waals surface area contributed by atoms with Gasteiger partial charge in [0, 0.05) is 29.9 Å². The smallest absolute Gasteiger partial charge is 0.242 e. The fourth-order valence-electron chi connectivity index (χ4n) is 1.82. The van der Waals surface area contributed by atoms with Crippen molar-refractivity contribution < 1.29 is 8.42 Å². The molecule has 2 heterocycles. The van der Waals surface area contributed by atoms with E-state index >= 15 is 0 Å². The highest BCUT2D eigenvalue weighted by molar-refractivity contribution is 7.89. The summed E-state index contributed by atoms with van der Waals surface area (Å²) in [6, 6.07) is 1.66. The first-order valence-electron chi connectivity index (χ1n) is 6.79. The molecule has 0 aliphatic rings. The molecule has 8 heteroatoms. The monoisotopic (exact) mass is 328 g/mol. The summed E-state index contributed by atoms with van der Waals surface area (Å²) in [5.41, 5.74) is 3.44. The number of aryl methyl sites for hydroxylation is 1. The van der Waals surface area contributed by atoms with Crippen molar-refractivity contribution in [3.05, 3.63) is 34.0 Å². The SMILES string of the molecule is CCCNCc1cc(S(=O)(=O)NCc2scnc2C)c[nH]1. The van der Waals surface area contributed by atoms with Crippen LogP contribution in [0, 0.1) is 6.92 Å². The van der Waals surface area contributed by atoms with Crippen LogP contribution in [0.4, 0.5) is 0 Å². The zero-order chi connectivity index (χ0) is 15.3. The summed E-state index contributed by atoms with van der Waals surface area (Å²) in [7, 11) is -3.49. The zero-order valence-electron chi connectivity index (χ0n) is 12.1. The van der Waals surface area contributed by atoms with Crippen molar-refractivity contribution in [2.45, 2.75) is 38.3 Å². The molecular formula is C13H20N4O2S2. The molecule has 0 aliphatic heterocycles. The van der Waals surface area contributed by atoms with Crippen LogP contribution in [0.1, 0.15) is 29.6 Å². The topological polar surface area (TPSA) is 86.9 Å². The van der Waals surface area contributed by atoms with Crippen LogP contribution in [-0.2, 0) is 23.1 Å². The first kappa shape index (κ1) is 16.2. The molecule has 3 N–H and O–H groups in total. The van der Waals surface area contributed by atoms with Gasteiger partial charge in [-0.25, -0.2) is 18.1 Å². The van der Waals surface area contributed by atoms with Gasteiger partial charge in [-0.2, -0.15) is 0 Å². The molecule has 0 aromatic carbocycles. The van der Waals surface area contributed by atoms with Crippen LogP contribution in [0.15, 0.2) is 22.7 Å². The van der Waals surface area contributed by atoms with E-state index in [-0.39, 0.29) is 11.4 Å². The number of aromatic amines is 1. The van der Waals surface area contributed by atoms with Crippen molar-refractivity contribution in [2.24, 2.45) is 0 Å². The predicted molar refractivity (Wildman–Crippen MR) is 83.7 cm³/mol. The minimum atomic E-state index is -3.49. The predicted octanol–water partition coefficient (Wildman–Crippen LogP) is 1.76. The molecule has 2 aromatic rings. The van der Waals surface area contributed by atoms with Crippen molar-refractivity contribution >= 4 is 21.4 Å². The minimum Gasteiger partial charge on any atom is -0.363 e. The summed E-state index contributed by atoms with van der Waals surface area (Å²) in [4.78, 5) is 8.28. The number of nitrogens with one attached hydrogen (secondary N) is 3. The Labute approximate surface area is 129 Å². The number of sulfonamides is 1. The summed E-state index contributed by atoms with van der Waals surface area (Å²) in [5.74, 6) is 0. The summed E-state index contributed by atoms with van der Waals surface area (Å²) in [6.45, 7) is 5.77. The maximum absolute atomic E-state index is 12.2. The van der Waals surface area contributed by atoms with E-state index in [1.54, 1.807) is 11.6 Å². The van der Waals surface area contributed by atoms with Crippen LogP contribution in [-0.4, -0.2) is 24.9 Å². The zero-order valence-corrected chi connectivity index (χ0v) is 13.8. The second-order valence-electron chi connectivity index (χ2n) is 4.72. The van der Waals surface area contributed by atoms with Gasteiger partial charge in [-0.05, 0) is 26.0 Å². The molecule has 0 radical (unpaired) electrons. The Morgan fingerprint density at radius 2 is 2.19 bits per heavy atom. The van der Waals surface area contributed by atoms with E-state index in [9.17, 15) is 8.42 Å². The Kier molecular flexibility index (Phi) is 5.51. The van der Waals surface area contributed by atoms with Gasteiger partial charge in [0.15, 0.2) is 0 Å². The van der Waals surface area contributed by atoms with Crippen LogP contribution >= 0.6 is 11.3 Å². The van der Waals surface area contributed by atoms with Gasteiger partial charge in [-0.3, -0.25) is 0 Å². The van der Waals surface area contributed by atoms with Gasteiger partial charge in [0.2, 0.25) is 10.0 Å². The second kappa shape index (κ2) is 7.17. The molecule has 0 amide bonds. The Hall–Kier alpha value is -1.22. The van der Waals surface area contributed by atoms with E-state index in [1.807, 2.05) is 6.92 Å². The van der Waals surface area contributed by atoms with E-state index in [0.29, 0.717) is 6.54 Å². The highest BCUT2D eigenvalue weighted by atomic mass is 32.2. The number of hydrogen-bond acceptors (Lipinski definition) is 5. The van der Waals surface area contributed by atoms with Crippen LogP contribution in [0.25, 0.3) is 0 Å². The average molecular weight is 328 g/mol. The van der Waals surface area contributed by atoms with Gasteiger partial charge in [0.25, 0.3) is 0 Å². The lowest BCUT2D eigenvalue weighted by Crippen LogP contribution is -2.22. The molecule has 6 nitrogen and oxygen atoms in total. The van der Waals surface area contributed by atoms with Crippen molar-refractivity contribution in [1.29, 1.82) is 0 Å². The maximum Gasteiger partial charge on any atom is 0.242 e. The Balaban J connectivity index is 1.97. The van der Waals surface area contributed by atoms with E-state index in [2.05, 4.69) is 26.9 Å². The van der Waals surface area contributed by atoms with Crippen molar-refractivity contribution in [3.8, 4) is 0 Å². The third-order valence-electron chi connectivity index (χ3n) is 3.04. The molecule has 0 saturated heterocycles. The van der Waals surface area contributed by atoms with E-state index < -0.39 is 10.0 Å². The molecule has 0 fully saturated rings. The normalized spacial score (nSPS) is 11.9. The third kappa shape index (κ3) is 4.37. The van der Waals surface area contributed by atoms with Crippen LogP contribution in [0.2, 0.25) is 0 Å². The van der Waals surface area contributed by atoms with Gasteiger partial charge >= 0.3 is 0 Å². The molecule has 0 unspecified atom stereocenters. The molecule has 0 aliphatic carbocycles. The van der Waals surface area contributed by atoms with Gasteiger partial charge in [0.1, 0.15) is 0 Å². The molecule has 116 valence electrons. The minimum absolute atomic E-state index is 0.262. The van der Waals surface area contributed by atoms with E-state index in [1.165, 1.54) is 17.5 Å². The fraction of sp³-hybridized carbons (Fsp3) is 0.462. The first-order valence-corrected chi connectivity index (χ1v) is 9.16. The molecule has 0 bridgehead atoms. The van der Waals surface area contributed by atoms with Crippen LogP contribution < -0.4 is 10.0 Å². The molecule has 2 aromatic heterocycles. The summed E-state index contributed by atoms with van der Waals surface area (Å²) < 4.78 is 27.0. The first-order chi connectivity index (χ1) is 10.0. The van der Waals surface area contributed by atoms with Crippen LogP contribution in [0.5, 0.6) is 0 Å². The molecule has 0 spiro atoms. The maximum atomic E-state index is 12.2. The quantitative estimate of drug-likeness (QED) is 0.644. The summed E-state index contributed by atoms with van der Waals surface area (Å²) in [5, 5.41) is 3.22. The Morgan fingerprint density at radius 1 is 1.38 bits per heavy atom. The van der Waals surface area contributed by atoms with Gasteiger partial charge < -0.3 is 10.3 Å². The van der Waals surface area contributed by atoms with Gasteiger partial charge in [0.05, 0.1) is 16.1 Å². The molecule has 21 heavy (non-hydrogen) atoms. The average Bonchev–Trinajstić information content (AvgIpc) is 3.06. The number of nitrogens with zero attached hydrogens (tertiary/aromatic N) is 1. The third-order valence-corrected chi connectivity index (χ3v) is 5.35. The second-order valence-corrected chi connectivity index (χ2v) is 7.43. The molecule has 0 atom stereocenters. The van der Waals surface area contributed by atoms with Gasteiger partial charge in [-0.15, -0.1) is 11.3 Å². The molecular weight excluding hydrogens is 308 g/mol. The van der Waals surface area contributed by atoms with Crippen molar-refractivity contribution in [3.63, 3.8) is 0 Å². The number of rotatable bonds is 8. The number of aromatic nitrogens is 2. The Morgan fingerprint density at radius 3 is 2.86 bits per heavy atom. The number of H-pyrrole nitrogens is 1. The Bertz CT molecular complexity index is 676. The van der Waals surface area contributed by atoms with Crippen molar-refractivity contribution in [1.82, 2.24) is 20.0 Å². The highest BCUT2D eigenvalue weighted by Crippen LogP contribution is 2.15. The number of hydrogen-bond donors (Lipinski definition) is 3. The van der Waals surface area contributed by atoms with E-state index in [4.69, 9.17) is 0 Å². The largest absolute Gasteiger partial charge is 0.363 e. The fourth-order valence-corrected chi connectivity index (χ4v) is 3.64. The molecule has 0 saturated carbocycles. The lowest BCUT2D eigenvalue weighted by Gasteiger charge is -2.03. The van der Waals surface area contributed by atoms with Crippen LogP contribution in [0.3, 0.4) is 0 Å². The lowest BCUT2D eigenvalue weighted by atomic mass is 10.4. The lowest BCUT2D eigenvalue weighted by molar-refractivity contribution is 0.581. The molecule has 2 rings (SSSR count). The van der Waals surface area contributed by atoms with Crippen molar-refractivity contribution in [2.75, 3.05) is 6.54 Å². The highest BCUT2D eigenvalue weighted by Gasteiger charge is 2.16.